The van der Waals surface area contributed by atoms with Crippen molar-refractivity contribution in [3.8, 4) is 17.2 Å². The van der Waals surface area contributed by atoms with Crippen molar-refractivity contribution >= 4 is 23.6 Å². The normalized spacial score (nSPS) is 17.0. The summed E-state index contributed by atoms with van der Waals surface area (Å²) < 4.78 is 16.0. The van der Waals surface area contributed by atoms with Gasteiger partial charge in [0.25, 0.3) is 11.8 Å². The number of anilines is 1. The van der Waals surface area contributed by atoms with Gasteiger partial charge in [0, 0.05) is 32.7 Å². The third-order valence-corrected chi connectivity index (χ3v) is 7.26. The monoisotopic (exact) mass is 511 g/mol. The fraction of sp³-hybridized carbons (Fsp3) is 0.267. The van der Waals surface area contributed by atoms with Gasteiger partial charge in [0.05, 0.1) is 30.5 Å². The lowest BCUT2D eigenvalue weighted by Gasteiger charge is -2.36. The third-order valence-electron chi connectivity index (χ3n) is 7.26. The molecule has 3 aliphatic heterocycles. The minimum atomic E-state index is -0.258. The van der Waals surface area contributed by atoms with E-state index in [9.17, 15) is 9.59 Å². The van der Waals surface area contributed by atoms with Crippen LogP contribution in [0.4, 0.5) is 5.69 Å². The number of benzene rings is 3. The van der Waals surface area contributed by atoms with Gasteiger partial charge in [-0.3, -0.25) is 19.4 Å². The SMILES string of the molecule is COc1ccc(/C=C/CN2CCN(c3cccc4c3C(=O)N(Cc3ccc5c(c3)OCO5)C4=O)CC2)cc1. The average Bonchev–Trinajstić information content (AvgIpc) is 3.52. The van der Waals surface area contributed by atoms with Gasteiger partial charge in [-0.05, 0) is 47.5 Å². The maximum atomic E-state index is 13.5. The number of carbonyl (C=O) groups excluding carboxylic acids is 2. The van der Waals surface area contributed by atoms with Crippen LogP contribution in [0.5, 0.6) is 17.2 Å². The van der Waals surface area contributed by atoms with Crippen LogP contribution in [0.2, 0.25) is 0 Å². The van der Waals surface area contributed by atoms with Crippen LogP contribution >= 0.6 is 0 Å². The second-order valence-electron chi connectivity index (χ2n) is 9.55. The zero-order valence-corrected chi connectivity index (χ0v) is 21.3. The number of amides is 2. The first-order valence-corrected chi connectivity index (χ1v) is 12.8. The highest BCUT2D eigenvalue weighted by Gasteiger charge is 2.39. The number of imide groups is 1. The van der Waals surface area contributed by atoms with Gasteiger partial charge < -0.3 is 19.1 Å². The third kappa shape index (κ3) is 4.59. The summed E-state index contributed by atoms with van der Waals surface area (Å²) >= 11 is 0. The Hall–Kier alpha value is -4.30. The molecule has 0 unspecified atom stereocenters. The Balaban J connectivity index is 1.10. The quantitative estimate of drug-likeness (QED) is 0.443. The average molecular weight is 512 g/mol. The second-order valence-corrected chi connectivity index (χ2v) is 9.55. The van der Waals surface area contributed by atoms with Crippen LogP contribution in [0.3, 0.4) is 0 Å². The molecule has 0 bridgehead atoms. The maximum absolute atomic E-state index is 13.5. The highest BCUT2D eigenvalue weighted by atomic mass is 16.7. The highest BCUT2D eigenvalue weighted by Crippen LogP contribution is 2.36. The van der Waals surface area contributed by atoms with Crippen molar-refractivity contribution in [1.29, 1.82) is 0 Å². The lowest BCUT2D eigenvalue weighted by Crippen LogP contribution is -2.46. The topological polar surface area (TPSA) is 71.6 Å². The van der Waals surface area contributed by atoms with Crippen molar-refractivity contribution in [3.63, 3.8) is 0 Å². The maximum Gasteiger partial charge on any atom is 0.263 e. The molecule has 0 N–H and O–H groups in total. The molecule has 2 amide bonds. The van der Waals surface area contributed by atoms with Crippen molar-refractivity contribution < 1.29 is 23.8 Å². The number of hydrogen-bond donors (Lipinski definition) is 0. The number of nitrogens with zero attached hydrogens (tertiary/aromatic N) is 3. The largest absolute Gasteiger partial charge is 0.497 e. The smallest absolute Gasteiger partial charge is 0.263 e. The van der Waals surface area contributed by atoms with E-state index in [1.54, 1.807) is 13.2 Å². The van der Waals surface area contributed by atoms with E-state index < -0.39 is 0 Å². The van der Waals surface area contributed by atoms with E-state index in [0.717, 1.165) is 55.3 Å². The highest BCUT2D eigenvalue weighted by molar-refractivity contribution is 6.23. The van der Waals surface area contributed by atoms with Crippen molar-refractivity contribution in [2.75, 3.05) is 51.5 Å². The van der Waals surface area contributed by atoms with Crippen LogP contribution in [0, 0.1) is 0 Å². The molecule has 0 saturated carbocycles. The fourth-order valence-corrected chi connectivity index (χ4v) is 5.17. The molecule has 1 fully saturated rings. The van der Waals surface area contributed by atoms with E-state index in [2.05, 4.69) is 22.0 Å². The van der Waals surface area contributed by atoms with Gasteiger partial charge in [-0.15, -0.1) is 0 Å². The zero-order chi connectivity index (χ0) is 26.1. The standard InChI is InChI=1S/C30H29N3O5/c1-36-23-10-7-21(8-11-23)4-3-13-31-14-16-32(17-15-31)25-6-2-5-24-28(25)30(35)33(29(24)34)19-22-9-12-26-27(18-22)38-20-37-26/h2-12,18H,13-17,19-20H2,1H3/b4-3+. The molecule has 38 heavy (non-hydrogen) atoms. The molecule has 3 heterocycles. The lowest BCUT2D eigenvalue weighted by atomic mass is 10.1. The van der Waals surface area contributed by atoms with Gasteiger partial charge in [0.1, 0.15) is 5.75 Å². The van der Waals surface area contributed by atoms with Crippen LogP contribution in [0.15, 0.2) is 66.7 Å². The Bertz CT molecular complexity index is 1390. The van der Waals surface area contributed by atoms with Crippen molar-refractivity contribution in [3.05, 3.63) is 89.0 Å². The minimum Gasteiger partial charge on any atom is -0.497 e. The van der Waals surface area contributed by atoms with E-state index in [1.165, 1.54) is 4.90 Å². The van der Waals surface area contributed by atoms with Gasteiger partial charge in [-0.2, -0.15) is 0 Å². The summed E-state index contributed by atoms with van der Waals surface area (Å²) in [6.07, 6.45) is 4.29. The van der Waals surface area contributed by atoms with Crippen molar-refractivity contribution in [2.24, 2.45) is 0 Å². The molecule has 1 saturated heterocycles. The number of fused-ring (bicyclic) bond motifs is 2. The van der Waals surface area contributed by atoms with Crippen molar-refractivity contribution in [1.82, 2.24) is 9.80 Å². The van der Waals surface area contributed by atoms with Crippen molar-refractivity contribution in [2.45, 2.75) is 6.54 Å². The summed E-state index contributed by atoms with van der Waals surface area (Å²) in [6.45, 7) is 4.55. The molecule has 0 radical (unpaired) electrons. The number of methoxy groups -OCH3 is 1. The van der Waals surface area contributed by atoms with E-state index >= 15 is 0 Å². The van der Waals surface area contributed by atoms with Crippen LogP contribution in [0.1, 0.15) is 31.8 Å². The van der Waals surface area contributed by atoms with Crippen LogP contribution < -0.4 is 19.1 Å². The van der Waals surface area contributed by atoms with Crippen LogP contribution in [0.25, 0.3) is 6.08 Å². The second kappa shape index (κ2) is 10.2. The van der Waals surface area contributed by atoms with Gasteiger partial charge in [0.15, 0.2) is 11.5 Å². The molecule has 3 aromatic rings. The molecule has 3 aliphatic rings. The molecule has 0 aliphatic carbocycles. The van der Waals surface area contributed by atoms with Gasteiger partial charge >= 0.3 is 0 Å². The van der Waals surface area contributed by atoms with Gasteiger partial charge in [-0.1, -0.05) is 36.4 Å². The Morgan fingerprint density at radius 2 is 1.68 bits per heavy atom. The van der Waals surface area contributed by atoms with E-state index in [0.29, 0.717) is 22.6 Å². The molecule has 194 valence electrons. The predicted molar refractivity (Wildman–Crippen MR) is 144 cm³/mol. The van der Waals surface area contributed by atoms with E-state index in [-0.39, 0.29) is 25.2 Å². The number of rotatable bonds is 7. The summed E-state index contributed by atoms with van der Waals surface area (Å²) in [5.41, 5.74) is 3.77. The Labute approximate surface area is 221 Å². The van der Waals surface area contributed by atoms with Crippen LogP contribution in [-0.2, 0) is 6.54 Å². The van der Waals surface area contributed by atoms with E-state index in [1.807, 2.05) is 54.6 Å². The predicted octanol–water partition coefficient (Wildman–Crippen LogP) is 4.06. The molecule has 8 heteroatoms. The molecular weight excluding hydrogens is 482 g/mol. The fourth-order valence-electron chi connectivity index (χ4n) is 5.17. The molecule has 6 rings (SSSR count). The first-order valence-electron chi connectivity index (χ1n) is 12.8. The summed E-state index contributed by atoms with van der Waals surface area (Å²) in [5.74, 6) is 1.65. The Morgan fingerprint density at radius 1 is 0.895 bits per heavy atom. The number of hydrogen-bond acceptors (Lipinski definition) is 7. The summed E-state index contributed by atoms with van der Waals surface area (Å²) in [6, 6.07) is 19.1. The molecular formula is C30H29N3O5. The Morgan fingerprint density at radius 3 is 2.47 bits per heavy atom. The summed E-state index contributed by atoms with van der Waals surface area (Å²) in [4.78, 5) is 32.6. The number of piperazine rings is 1. The van der Waals surface area contributed by atoms with Gasteiger partial charge in [-0.25, -0.2) is 0 Å². The first-order chi connectivity index (χ1) is 18.6. The zero-order valence-electron chi connectivity index (χ0n) is 21.3. The molecule has 8 nitrogen and oxygen atoms in total. The number of ether oxygens (including phenoxy) is 3. The van der Waals surface area contributed by atoms with Crippen LogP contribution in [-0.4, -0.2) is 68.2 Å². The lowest BCUT2D eigenvalue weighted by molar-refractivity contribution is 0.0642. The molecule has 3 aromatic carbocycles. The first kappa shape index (κ1) is 24.1. The summed E-state index contributed by atoms with van der Waals surface area (Å²) in [5, 5.41) is 0. The summed E-state index contributed by atoms with van der Waals surface area (Å²) in [7, 11) is 1.67. The minimum absolute atomic E-state index is 0.182. The Kier molecular flexibility index (Phi) is 6.47. The molecule has 0 spiro atoms. The number of carbonyl (C=O) groups is 2. The van der Waals surface area contributed by atoms with E-state index in [4.69, 9.17) is 14.2 Å². The molecule has 0 atom stereocenters. The molecule has 0 aromatic heterocycles. The van der Waals surface area contributed by atoms with Gasteiger partial charge in [0.2, 0.25) is 6.79 Å².